The second-order valence-corrected chi connectivity index (χ2v) is 4.43. The van der Waals surface area contributed by atoms with Gasteiger partial charge in [0.15, 0.2) is 0 Å². The lowest BCUT2D eigenvalue weighted by atomic mass is 10.2. The first-order valence-electron chi connectivity index (χ1n) is 6.89. The molecule has 1 aromatic carbocycles. The zero-order valence-electron chi connectivity index (χ0n) is 11.3. The van der Waals surface area contributed by atoms with Gasteiger partial charge in [0.05, 0.1) is 0 Å². The van der Waals surface area contributed by atoms with Gasteiger partial charge in [-0.1, -0.05) is 38.5 Å². The van der Waals surface area contributed by atoms with Gasteiger partial charge in [-0.05, 0) is 31.5 Å². The second kappa shape index (κ2) is 9.06. The van der Waals surface area contributed by atoms with Gasteiger partial charge in [-0.2, -0.15) is 0 Å². The van der Waals surface area contributed by atoms with Gasteiger partial charge in [0.2, 0.25) is 0 Å². The van der Waals surface area contributed by atoms with Crippen LogP contribution in [0.15, 0.2) is 30.3 Å². The van der Waals surface area contributed by atoms with Crippen LogP contribution in [0, 0.1) is 0 Å². The number of nitrogens with one attached hydrogen (secondary N) is 1. The largest absolute Gasteiger partial charge is 0.370 e. The Morgan fingerprint density at radius 3 is 2.35 bits per heavy atom. The van der Waals surface area contributed by atoms with E-state index in [-0.39, 0.29) is 0 Å². The smallest absolute Gasteiger partial charge is 0.0366 e. The Morgan fingerprint density at radius 1 is 0.941 bits per heavy atom. The Morgan fingerprint density at radius 2 is 1.71 bits per heavy atom. The Balaban J connectivity index is 2.43. The third-order valence-corrected chi connectivity index (χ3v) is 2.89. The lowest BCUT2D eigenvalue weighted by molar-refractivity contribution is 0.636. The predicted octanol–water partition coefficient (Wildman–Crippen LogP) is 3.29. The molecule has 0 bridgehead atoms. The standard InChI is InChI=1S/C15H26N2/c1-3-5-13-17(14-12-16-11-4-2)15-9-7-6-8-10-15/h6-10,16H,3-5,11-14H2,1-2H3. The van der Waals surface area contributed by atoms with Crippen LogP contribution in [0.5, 0.6) is 0 Å². The van der Waals surface area contributed by atoms with E-state index < -0.39 is 0 Å². The molecule has 0 heterocycles. The van der Waals surface area contributed by atoms with E-state index in [2.05, 4.69) is 54.4 Å². The van der Waals surface area contributed by atoms with Gasteiger partial charge in [-0.25, -0.2) is 0 Å². The molecule has 0 aliphatic carbocycles. The lowest BCUT2D eigenvalue weighted by Crippen LogP contribution is -2.33. The zero-order valence-corrected chi connectivity index (χ0v) is 11.3. The summed E-state index contributed by atoms with van der Waals surface area (Å²) in [6, 6.07) is 10.7. The molecule has 2 heteroatoms. The number of anilines is 1. The van der Waals surface area contributed by atoms with Crippen molar-refractivity contribution in [2.45, 2.75) is 33.1 Å². The molecule has 0 amide bonds. The van der Waals surface area contributed by atoms with Gasteiger partial charge < -0.3 is 10.2 Å². The van der Waals surface area contributed by atoms with E-state index in [0.717, 1.165) is 26.2 Å². The summed E-state index contributed by atoms with van der Waals surface area (Å²) < 4.78 is 0. The summed E-state index contributed by atoms with van der Waals surface area (Å²) in [5, 5.41) is 3.47. The van der Waals surface area contributed by atoms with Gasteiger partial charge in [0.25, 0.3) is 0 Å². The molecule has 1 N–H and O–H groups in total. The van der Waals surface area contributed by atoms with E-state index in [1.807, 2.05) is 0 Å². The van der Waals surface area contributed by atoms with E-state index >= 15 is 0 Å². The Kier molecular flexibility index (Phi) is 7.48. The van der Waals surface area contributed by atoms with Crippen LogP contribution in [-0.2, 0) is 0 Å². The molecule has 17 heavy (non-hydrogen) atoms. The lowest BCUT2D eigenvalue weighted by Gasteiger charge is -2.25. The van der Waals surface area contributed by atoms with Crippen molar-refractivity contribution < 1.29 is 0 Å². The summed E-state index contributed by atoms with van der Waals surface area (Å²) in [7, 11) is 0. The van der Waals surface area contributed by atoms with Crippen LogP contribution in [0.2, 0.25) is 0 Å². The molecule has 1 aromatic rings. The minimum atomic E-state index is 1.08. The zero-order chi connectivity index (χ0) is 12.3. The van der Waals surface area contributed by atoms with Gasteiger partial charge in [-0.3, -0.25) is 0 Å². The normalized spacial score (nSPS) is 10.5. The fraction of sp³-hybridized carbons (Fsp3) is 0.600. The third-order valence-electron chi connectivity index (χ3n) is 2.89. The van der Waals surface area contributed by atoms with Crippen LogP contribution in [0.4, 0.5) is 5.69 Å². The maximum Gasteiger partial charge on any atom is 0.0366 e. The fourth-order valence-electron chi connectivity index (χ4n) is 1.87. The molecule has 2 nitrogen and oxygen atoms in total. The summed E-state index contributed by atoms with van der Waals surface area (Å²) in [5.74, 6) is 0. The number of unbranched alkanes of at least 4 members (excludes halogenated alkanes) is 1. The topological polar surface area (TPSA) is 15.3 Å². The quantitative estimate of drug-likeness (QED) is 0.660. The van der Waals surface area contributed by atoms with Crippen molar-refractivity contribution in [3.05, 3.63) is 30.3 Å². The molecule has 0 spiro atoms. The number of hydrogen-bond acceptors (Lipinski definition) is 2. The van der Waals surface area contributed by atoms with Crippen LogP contribution >= 0.6 is 0 Å². The van der Waals surface area contributed by atoms with Crippen molar-refractivity contribution in [3.63, 3.8) is 0 Å². The molecule has 1 rings (SSSR count). The van der Waals surface area contributed by atoms with Crippen LogP contribution in [0.1, 0.15) is 33.1 Å². The molecule has 0 radical (unpaired) electrons. The Bertz CT molecular complexity index is 272. The van der Waals surface area contributed by atoms with Crippen molar-refractivity contribution in [2.24, 2.45) is 0 Å². The number of nitrogens with zero attached hydrogens (tertiary/aromatic N) is 1. The summed E-state index contributed by atoms with van der Waals surface area (Å²) in [6.45, 7) is 8.92. The molecule has 0 atom stereocenters. The van der Waals surface area contributed by atoms with Crippen LogP contribution in [-0.4, -0.2) is 26.2 Å². The minimum absolute atomic E-state index is 1.08. The predicted molar refractivity (Wildman–Crippen MR) is 76.7 cm³/mol. The van der Waals surface area contributed by atoms with Crippen LogP contribution < -0.4 is 10.2 Å². The molecule has 0 fully saturated rings. The number of benzene rings is 1. The van der Waals surface area contributed by atoms with Crippen molar-refractivity contribution in [2.75, 3.05) is 31.1 Å². The highest BCUT2D eigenvalue weighted by molar-refractivity contribution is 5.45. The third kappa shape index (κ3) is 5.73. The maximum absolute atomic E-state index is 3.47. The second-order valence-electron chi connectivity index (χ2n) is 4.43. The average Bonchev–Trinajstić information content (AvgIpc) is 2.39. The first-order chi connectivity index (χ1) is 8.38. The summed E-state index contributed by atoms with van der Waals surface area (Å²) in [6.07, 6.45) is 3.73. The number of rotatable bonds is 9. The molecular formula is C15H26N2. The first kappa shape index (κ1) is 14.0. The van der Waals surface area contributed by atoms with Crippen molar-refractivity contribution in [3.8, 4) is 0 Å². The molecule has 0 aliphatic heterocycles. The van der Waals surface area contributed by atoms with E-state index in [1.54, 1.807) is 0 Å². The van der Waals surface area contributed by atoms with Crippen molar-refractivity contribution >= 4 is 5.69 Å². The van der Waals surface area contributed by atoms with E-state index in [4.69, 9.17) is 0 Å². The van der Waals surface area contributed by atoms with Crippen LogP contribution in [0.25, 0.3) is 0 Å². The van der Waals surface area contributed by atoms with E-state index in [0.29, 0.717) is 0 Å². The monoisotopic (exact) mass is 234 g/mol. The Labute approximate surface area is 106 Å². The average molecular weight is 234 g/mol. The fourth-order valence-corrected chi connectivity index (χ4v) is 1.87. The highest BCUT2D eigenvalue weighted by Gasteiger charge is 2.04. The van der Waals surface area contributed by atoms with Gasteiger partial charge >= 0.3 is 0 Å². The van der Waals surface area contributed by atoms with Crippen LogP contribution in [0.3, 0.4) is 0 Å². The summed E-state index contributed by atoms with van der Waals surface area (Å²) in [4.78, 5) is 2.48. The van der Waals surface area contributed by atoms with Gasteiger partial charge in [0.1, 0.15) is 0 Å². The molecule has 0 unspecified atom stereocenters. The molecular weight excluding hydrogens is 208 g/mol. The molecule has 0 saturated carbocycles. The highest BCUT2D eigenvalue weighted by Crippen LogP contribution is 2.13. The highest BCUT2D eigenvalue weighted by atomic mass is 15.1. The first-order valence-corrected chi connectivity index (χ1v) is 6.89. The molecule has 0 aliphatic rings. The number of para-hydroxylation sites is 1. The molecule has 96 valence electrons. The van der Waals surface area contributed by atoms with E-state index in [1.165, 1.54) is 24.9 Å². The molecule has 0 saturated heterocycles. The molecule has 0 aromatic heterocycles. The minimum Gasteiger partial charge on any atom is -0.370 e. The van der Waals surface area contributed by atoms with E-state index in [9.17, 15) is 0 Å². The SMILES string of the molecule is CCCCN(CCNCCC)c1ccccc1. The van der Waals surface area contributed by atoms with Crippen molar-refractivity contribution in [1.29, 1.82) is 0 Å². The van der Waals surface area contributed by atoms with Gasteiger partial charge in [-0.15, -0.1) is 0 Å². The maximum atomic E-state index is 3.47. The van der Waals surface area contributed by atoms with Gasteiger partial charge in [0, 0.05) is 25.3 Å². The Hall–Kier alpha value is -1.02. The van der Waals surface area contributed by atoms with Crippen molar-refractivity contribution in [1.82, 2.24) is 5.32 Å². The number of hydrogen-bond donors (Lipinski definition) is 1. The summed E-state index contributed by atoms with van der Waals surface area (Å²) >= 11 is 0. The summed E-state index contributed by atoms with van der Waals surface area (Å²) in [5.41, 5.74) is 1.35.